The van der Waals surface area contributed by atoms with E-state index in [9.17, 15) is 19.7 Å². The zero-order valence-corrected chi connectivity index (χ0v) is 10.9. The van der Waals surface area contributed by atoms with Crippen LogP contribution in [0.2, 0.25) is 0 Å². The standard InChI is InChI=1S/C13H14N2O5/c1-2-20-13(17)9-14-12(16)7-6-10-4-3-5-11(8-10)15(18)19/h3-8H,2,9H2,1H3,(H,14,16). The van der Waals surface area contributed by atoms with Crippen molar-refractivity contribution >= 4 is 23.6 Å². The molecule has 1 aromatic carbocycles. The fraction of sp³-hybridized carbons (Fsp3) is 0.231. The third-order valence-electron chi connectivity index (χ3n) is 2.22. The van der Waals surface area contributed by atoms with Gasteiger partial charge in [0.25, 0.3) is 5.69 Å². The first-order valence-electron chi connectivity index (χ1n) is 5.89. The van der Waals surface area contributed by atoms with Crippen LogP contribution < -0.4 is 5.32 Å². The summed E-state index contributed by atoms with van der Waals surface area (Å²) in [5, 5.41) is 12.9. The molecule has 7 nitrogen and oxygen atoms in total. The van der Waals surface area contributed by atoms with Crippen LogP contribution in [-0.4, -0.2) is 30.0 Å². The van der Waals surface area contributed by atoms with Crippen LogP contribution in [0.25, 0.3) is 6.08 Å². The van der Waals surface area contributed by atoms with E-state index in [-0.39, 0.29) is 18.8 Å². The van der Waals surface area contributed by atoms with Crippen LogP contribution >= 0.6 is 0 Å². The second-order valence-corrected chi connectivity index (χ2v) is 3.71. The predicted molar refractivity (Wildman–Crippen MR) is 71.8 cm³/mol. The van der Waals surface area contributed by atoms with E-state index in [1.165, 1.54) is 30.4 Å². The van der Waals surface area contributed by atoms with Gasteiger partial charge in [0.05, 0.1) is 11.5 Å². The second-order valence-electron chi connectivity index (χ2n) is 3.71. The molecule has 0 saturated heterocycles. The van der Waals surface area contributed by atoms with Gasteiger partial charge in [-0.2, -0.15) is 0 Å². The molecule has 1 rings (SSSR count). The molecule has 20 heavy (non-hydrogen) atoms. The maximum Gasteiger partial charge on any atom is 0.325 e. The Morgan fingerprint density at radius 2 is 2.20 bits per heavy atom. The molecule has 1 amide bonds. The summed E-state index contributed by atoms with van der Waals surface area (Å²) in [5.41, 5.74) is 0.463. The Bertz CT molecular complexity index is 539. The zero-order valence-electron chi connectivity index (χ0n) is 10.9. The highest BCUT2D eigenvalue weighted by Crippen LogP contribution is 2.13. The quantitative estimate of drug-likeness (QED) is 0.366. The van der Waals surface area contributed by atoms with Crippen molar-refractivity contribution in [1.82, 2.24) is 5.32 Å². The van der Waals surface area contributed by atoms with Crippen LogP contribution in [0, 0.1) is 10.1 Å². The van der Waals surface area contributed by atoms with E-state index >= 15 is 0 Å². The lowest BCUT2D eigenvalue weighted by Gasteiger charge is -2.01. The zero-order chi connectivity index (χ0) is 15.0. The summed E-state index contributed by atoms with van der Waals surface area (Å²) in [4.78, 5) is 32.5. The molecule has 0 fully saturated rings. The van der Waals surface area contributed by atoms with Crippen LogP contribution in [0.3, 0.4) is 0 Å². The molecule has 0 saturated carbocycles. The van der Waals surface area contributed by atoms with E-state index in [0.717, 1.165) is 0 Å². The normalized spacial score (nSPS) is 10.2. The molecule has 0 radical (unpaired) electrons. The van der Waals surface area contributed by atoms with Crippen molar-refractivity contribution in [2.45, 2.75) is 6.92 Å². The summed E-state index contributed by atoms with van der Waals surface area (Å²) in [6, 6.07) is 5.85. The Labute approximate surface area is 115 Å². The van der Waals surface area contributed by atoms with Crippen molar-refractivity contribution in [3.63, 3.8) is 0 Å². The van der Waals surface area contributed by atoms with Gasteiger partial charge in [-0.25, -0.2) is 0 Å². The molecule has 1 aromatic rings. The summed E-state index contributed by atoms with van der Waals surface area (Å²) in [6.07, 6.45) is 2.62. The van der Waals surface area contributed by atoms with Crippen LogP contribution in [0.15, 0.2) is 30.3 Å². The van der Waals surface area contributed by atoms with E-state index < -0.39 is 16.8 Å². The van der Waals surface area contributed by atoms with E-state index in [1.54, 1.807) is 13.0 Å². The first kappa shape index (κ1) is 15.4. The Kier molecular flexibility index (Phi) is 5.89. The summed E-state index contributed by atoms with van der Waals surface area (Å²) in [7, 11) is 0. The Morgan fingerprint density at radius 1 is 1.45 bits per heavy atom. The Hall–Kier alpha value is -2.70. The molecule has 1 N–H and O–H groups in total. The van der Waals surface area contributed by atoms with Crippen molar-refractivity contribution in [2.75, 3.05) is 13.2 Å². The number of carbonyl (C=O) groups is 2. The average Bonchev–Trinajstić information content (AvgIpc) is 2.43. The number of ether oxygens (including phenoxy) is 1. The summed E-state index contributed by atoms with van der Waals surface area (Å²) in [6.45, 7) is 1.70. The first-order chi connectivity index (χ1) is 9.52. The van der Waals surface area contributed by atoms with Gasteiger partial charge in [0.15, 0.2) is 0 Å². The molecule has 0 atom stereocenters. The van der Waals surface area contributed by atoms with E-state index in [4.69, 9.17) is 0 Å². The molecular formula is C13H14N2O5. The highest BCUT2D eigenvalue weighted by atomic mass is 16.6. The Balaban J connectivity index is 2.55. The van der Waals surface area contributed by atoms with Crippen molar-refractivity contribution in [3.8, 4) is 0 Å². The van der Waals surface area contributed by atoms with Gasteiger partial charge in [-0.15, -0.1) is 0 Å². The molecule has 106 valence electrons. The number of non-ortho nitro benzene ring substituents is 1. The number of nitro benzene ring substituents is 1. The number of amides is 1. The molecule has 0 spiro atoms. The SMILES string of the molecule is CCOC(=O)CNC(=O)C=Cc1cccc([N+](=O)[O-])c1. The third kappa shape index (κ3) is 5.30. The molecule has 0 heterocycles. The molecule has 0 aliphatic carbocycles. The highest BCUT2D eigenvalue weighted by Gasteiger charge is 2.05. The van der Waals surface area contributed by atoms with Crippen LogP contribution in [0.5, 0.6) is 0 Å². The van der Waals surface area contributed by atoms with Gasteiger partial charge < -0.3 is 10.1 Å². The fourth-order valence-electron chi connectivity index (χ4n) is 1.34. The van der Waals surface area contributed by atoms with Gasteiger partial charge in [-0.1, -0.05) is 12.1 Å². The minimum absolute atomic E-state index is 0.0564. The van der Waals surface area contributed by atoms with Crippen molar-refractivity contribution in [3.05, 3.63) is 46.0 Å². The number of hydrogen-bond acceptors (Lipinski definition) is 5. The second kappa shape index (κ2) is 7.67. The minimum atomic E-state index is -0.524. The average molecular weight is 278 g/mol. The largest absolute Gasteiger partial charge is 0.465 e. The van der Waals surface area contributed by atoms with Crippen LogP contribution in [-0.2, 0) is 14.3 Å². The number of esters is 1. The molecule has 0 aromatic heterocycles. The number of benzene rings is 1. The van der Waals surface area contributed by atoms with Gasteiger partial charge in [0, 0.05) is 18.2 Å². The van der Waals surface area contributed by atoms with Gasteiger partial charge in [0.1, 0.15) is 6.54 Å². The number of carbonyl (C=O) groups excluding carboxylic acids is 2. The number of rotatable bonds is 6. The van der Waals surface area contributed by atoms with Crippen LogP contribution in [0.1, 0.15) is 12.5 Å². The molecule has 0 aliphatic heterocycles. The van der Waals surface area contributed by atoms with Gasteiger partial charge in [-0.05, 0) is 18.6 Å². The molecular weight excluding hydrogens is 264 g/mol. The number of nitro groups is 1. The predicted octanol–water partition coefficient (Wildman–Crippen LogP) is 1.29. The van der Waals surface area contributed by atoms with Crippen LogP contribution in [0.4, 0.5) is 5.69 Å². The summed E-state index contributed by atoms with van der Waals surface area (Å²) >= 11 is 0. The van der Waals surface area contributed by atoms with Gasteiger partial charge in [-0.3, -0.25) is 19.7 Å². The monoisotopic (exact) mass is 278 g/mol. The number of nitrogens with zero attached hydrogens (tertiary/aromatic N) is 1. The lowest BCUT2D eigenvalue weighted by molar-refractivity contribution is -0.384. The topological polar surface area (TPSA) is 98.5 Å². The van der Waals surface area contributed by atoms with E-state index in [2.05, 4.69) is 10.1 Å². The number of nitrogens with one attached hydrogen (secondary N) is 1. The van der Waals surface area contributed by atoms with E-state index in [0.29, 0.717) is 5.56 Å². The molecule has 0 aliphatic rings. The lowest BCUT2D eigenvalue weighted by Crippen LogP contribution is -2.29. The summed E-state index contributed by atoms with van der Waals surface area (Å²) < 4.78 is 4.64. The Morgan fingerprint density at radius 3 is 2.85 bits per heavy atom. The lowest BCUT2D eigenvalue weighted by atomic mass is 10.2. The van der Waals surface area contributed by atoms with Crippen molar-refractivity contribution in [1.29, 1.82) is 0 Å². The maximum atomic E-state index is 11.4. The summed E-state index contributed by atoms with van der Waals surface area (Å²) in [5.74, 6) is -1.01. The smallest absolute Gasteiger partial charge is 0.325 e. The first-order valence-corrected chi connectivity index (χ1v) is 5.89. The van der Waals surface area contributed by atoms with Crippen molar-refractivity contribution in [2.24, 2.45) is 0 Å². The molecule has 0 unspecified atom stereocenters. The van der Waals surface area contributed by atoms with Gasteiger partial charge >= 0.3 is 5.97 Å². The fourth-order valence-corrected chi connectivity index (χ4v) is 1.34. The highest BCUT2D eigenvalue weighted by molar-refractivity contribution is 5.93. The minimum Gasteiger partial charge on any atom is -0.465 e. The molecule has 7 heteroatoms. The molecule has 0 bridgehead atoms. The van der Waals surface area contributed by atoms with Crippen molar-refractivity contribution < 1.29 is 19.2 Å². The van der Waals surface area contributed by atoms with Gasteiger partial charge in [0.2, 0.25) is 5.91 Å². The maximum absolute atomic E-state index is 11.4. The van der Waals surface area contributed by atoms with E-state index in [1.807, 2.05) is 0 Å². The third-order valence-corrected chi connectivity index (χ3v) is 2.22. The number of hydrogen-bond donors (Lipinski definition) is 1.